The molecule has 2 atom stereocenters. The van der Waals surface area contributed by atoms with Crippen LogP contribution in [0.1, 0.15) is 10.4 Å². The van der Waals surface area contributed by atoms with Crippen molar-refractivity contribution in [3.8, 4) is 0 Å². The summed E-state index contributed by atoms with van der Waals surface area (Å²) in [6.07, 6.45) is -3.04. The summed E-state index contributed by atoms with van der Waals surface area (Å²) < 4.78 is 39.5. The number of carbonyl (C=O) groups is 1. The van der Waals surface area contributed by atoms with Crippen LogP contribution in [-0.2, 0) is 14.2 Å². The van der Waals surface area contributed by atoms with Crippen molar-refractivity contribution in [2.75, 3.05) is 38.0 Å². The van der Waals surface area contributed by atoms with E-state index in [9.17, 15) is 13.6 Å². The van der Waals surface area contributed by atoms with Gasteiger partial charge in [-0.1, -0.05) is 0 Å². The summed E-state index contributed by atoms with van der Waals surface area (Å²) in [5.74, 6) is -0.490. The van der Waals surface area contributed by atoms with Crippen LogP contribution in [0.4, 0.5) is 20.2 Å². The van der Waals surface area contributed by atoms with Gasteiger partial charge in [0.15, 0.2) is 0 Å². The first-order valence-electron chi connectivity index (χ1n) is 6.73. The maximum absolute atomic E-state index is 12.2. The number of anilines is 2. The van der Waals surface area contributed by atoms with E-state index in [-0.39, 0.29) is 12.6 Å². The van der Waals surface area contributed by atoms with Gasteiger partial charge >= 0.3 is 5.97 Å². The normalized spacial score (nSPS) is 21.1. The number of nitrogen functional groups attached to an aromatic ring is 1. The van der Waals surface area contributed by atoms with E-state index < -0.39 is 25.1 Å². The molecule has 1 saturated heterocycles. The van der Waals surface area contributed by atoms with E-state index in [4.69, 9.17) is 15.2 Å². The highest BCUT2D eigenvalue weighted by atomic mass is 19.3. The van der Waals surface area contributed by atoms with Crippen LogP contribution in [-0.4, -0.2) is 51.5 Å². The van der Waals surface area contributed by atoms with Gasteiger partial charge in [-0.25, -0.2) is 13.6 Å². The Morgan fingerprint density at radius 2 is 2.27 bits per heavy atom. The highest BCUT2D eigenvalue weighted by Crippen LogP contribution is 2.24. The number of carbonyl (C=O) groups excluding carboxylic acids is 1. The lowest BCUT2D eigenvalue weighted by molar-refractivity contribution is -0.0281. The lowest BCUT2D eigenvalue weighted by atomic mass is 10.1. The molecule has 1 aliphatic heterocycles. The van der Waals surface area contributed by atoms with Crippen molar-refractivity contribution < 1.29 is 27.8 Å². The maximum atomic E-state index is 12.2. The van der Waals surface area contributed by atoms with Gasteiger partial charge in [-0.05, 0) is 18.2 Å². The summed E-state index contributed by atoms with van der Waals surface area (Å²) in [7, 11) is 1.28. The Kier molecular flexibility index (Phi) is 5.51. The number of nitrogens with one attached hydrogen (secondary N) is 1. The molecule has 2 rings (SSSR count). The van der Waals surface area contributed by atoms with Crippen LogP contribution < -0.4 is 11.1 Å². The standard InChI is InChI=1S/C14H18F2N2O4/c1-20-14(19)8-2-3-9(17)10(4-8)18-11-5-21-6-12(11)22-7-13(15)16/h2-4,11-13,18H,5-7,17H2,1H3/t11-,12+/m1/s1. The first-order valence-corrected chi connectivity index (χ1v) is 6.73. The van der Waals surface area contributed by atoms with Crippen molar-refractivity contribution >= 4 is 17.3 Å². The fraction of sp³-hybridized carbons (Fsp3) is 0.500. The van der Waals surface area contributed by atoms with Gasteiger partial charge in [-0.15, -0.1) is 0 Å². The maximum Gasteiger partial charge on any atom is 0.337 e. The highest BCUT2D eigenvalue weighted by molar-refractivity contribution is 5.92. The van der Waals surface area contributed by atoms with Crippen LogP contribution in [0.15, 0.2) is 18.2 Å². The molecule has 0 unspecified atom stereocenters. The minimum atomic E-state index is -2.53. The average molecular weight is 316 g/mol. The van der Waals surface area contributed by atoms with Crippen molar-refractivity contribution in [3.05, 3.63) is 23.8 Å². The van der Waals surface area contributed by atoms with Crippen molar-refractivity contribution in [2.45, 2.75) is 18.6 Å². The zero-order chi connectivity index (χ0) is 16.1. The van der Waals surface area contributed by atoms with Crippen LogP contribution >= 0.6 is 0 Å². The van der Waals surface area contributed by atoms with Gasteiger partial charge in [0, 0.05) is 0 Å². The number of nitrogens with two attached hydrogens (primary N) is 1. The second-order valence-corrected chi connectivity index (χ2v) is 4.84. The van der Waals surface area contributed by atoms with E-state index in [0.29, 0.717) is 23.5 Å². The molecule has 1 aromatic rings. The van der Waals surface area contributed by atoms with Gasteiger partial charge in [-0.3, -0.25) is 0 Å². The summed E-state index contributed by atoms with van der Waals surface area (Å²) in [6, 6.07) is 4.33. The Balaban J connectivity index is 2.07. The Morgan fingerprint density at radius 3 is 2.95 bits per heavy atom. The molecule has 0 saturated carbocycles. The molecule has 3 N–H and O–H groups in total. The quantitative estimate of drug-likeness (QED) is 0.611. The third-order valence-electron chi connectivity index (χ3n) is 3.28. The number of rotatable bonds is 6. The van der Waals surface area contributed by atoms with Crippen molar-refractivity contribution in [1.29, 1.82) is 0 Å². The molecule has 1 aromatic carbocycles. The number of hydrogen-bond donors (Lipinski definition) is 2. The van der Waals surface area contributed by atoms with Gasteiger partial charge in [0.2, 0.25) is 0 Å². The molecule has 1 fully saturated rings. The summed E-state index contributed by atoms with van der Waals surface area (Å²) in [5.41, 5.74) is 7.12. The van der Waals surface area contributed by atoms with Crippen LogP contribution in [0.2, 0.25) is 0 Å². The van der Waals surface area contributed by atoms with E-state index in [1.54, 1.807) is 18.2 Å². The molecule has 6 nitrogen and oxygen atoms in total. The van der Waals surface area contributed by atoms with Gasteiger partial charge < -0.3 is 25.3 Å². The minimum absolute atomic E-state index is 0.223. The molecule has 0 radical (unpaired) electrons. The smallest absolute Gasteiger partial charge is 0.337 e. The number of hydrogen-bond acceptors (Lipinski definition) is 6. The van der Waals surface area contributed by atoms with Gasteiger partial charge in [0.1, 0.15) is 12.7 Å². The zero-order valence-electron chi connectivity index (χ0n) is 12.1. The van der Waals surface area contributed by atoms with Crippen LogP contribution in [0, 0.1) is 0 Å². The Bertz CT molecular complexity index is 528. The molecule has 0 spiro atoms. The minimum Gasteiger partial charge on any atom is -0.465 e. The molecule has 22 heavy (non-hydrogen) atoms. The van der Waals surface area contributed by atoms with Gasteiger partial charge in [0.25, 0.3) is 6.43 Å². The number of ether oxygens (including phenoxy) is 3. The second kappa shape index (κ2) is 7.37. The van der Waals surface area contributed by atoms with E-state index in [0.717, 1.165) is 0 Å². The molecule has 122 valence electrons. The average Bonchev–Trinajstić information content (AvgIpc) is 2.93. The third-order valence-corrected chi connectivity index (χ3v) is 3.28. The molecule has 0 aliphatic carbocycles. The molecular weight excluding hydrogens is 298 g/mol. The first kappa shape index (κ1) is 16.4. The third kappa shape index (κ3) is 4.05. The first-order chi connectivity index (χ1) is 10.5. The Labute approximate surface area is 126 Å². The number of benzene rings is 1. The number of alkyl halides is 2. The van der Waals surface area contributed by atoms with Crippen molar-refractivity contribution in [1.82, 2.24) is 0 Å². The van der Waals surface area contributed by atoms with Gasteiger partial charge in [0.05, 0.1) is 43.3 Å². The summed E-state index contributed by atoms with van der Waals surface area (Å²) in [4.78, 5) is 11.5. The predicted octanol–water partition coefficient (Wildman–Crippen LogP) is 1.52. The fourth-order valence-electron chi connectivity index (χ4n) is 2.16. The molecule has 0 amide bonds. The predicted molar refractivity (Wildman–Crippen MR) is 76.2 cm³/mol. The zero-order valence-corrected chi connectivity index (χ0v) is 12.1. The molecule has 0 aromatic heterocycles. The second-order valence-electron chi connectivity index (χ2n) is 4.84. The molecule has 1 heterocycles. The van der Waals surface area contributed by atoms with E-state index >= 15 is 0 Å². The van der Waals surface area contributed by atoms with Gasteiger partial charge in [-0.2, -0.15) is 0 Å². The lowest BCUT2D eigenvalue weighted by Gasteiger charge is -2.21. The lowest BCUT2D eigenvalue weighted by Crippen LogP contribution is -2.35. The number of esters is 1. The van der Waals surface area contributed by atoms with E-state index in [1.165, 1.54) is 7.11 Å². The van der Waals surface area contributed by atoms with Crippen molar-refractivity contribution in [2.24, 2.45) is 0 Å². The topological polar surface area (TPSA) is 82.8 Å². The fourth-order valence-corrected chi connectivity index (χ4v) is 2.16. The van der Waals surface area contributed by atoms with Crippen LogP contribution in [0.3, 0.4) is 0 Å². The van der Waals surface area contributed by atoms with Crippen molar-refractivity contribution in [3.63, 3.8) is 0 Å². The Hall–Kier alpha value is -1.93. The monoisotopic (exact) mass is 316 g/mol. The van der Waals surface area contributed by atoms with Crippen LogP contribution in [0.5, 0.6) is 0 Å². The highest BCUT2D eigenvalue weighted by Gasteiger charge is 2.30. The number of methoxy groups -OCH3 is 1. The summed E-state index contributed by atoms with van der Waals surface area (Å²) in [5, 5.41) is 3.07. The molecule has 8 heteroatoms. The SMILES string of the molecule is COC(=O)c1ccc(N)c(N[C@@H]2COC[C@@H]2OCC(F)F)c1. The summed E-state index contributed by atoms with van der Waals surface area (Å²) >= 11 is 0. The molecular formula is C14H18F2N2O4. The molecule has 0 bridgehead atoms. The van der Waals surface area contributed by atoms with E-state index in [1.807, 2.05) is 0 Å². The van der Waals surface area contributed by atoms with E-state index in [2.05, 4.69) is 10.1 Å². The molecule has 1 aliphatic rings. The summed E-state index contributed by atoms with van der Waals surface area (Å²) in [6.45, 7) is -0.124. The largest absolute Gasteiger partial charge is 0.465 e. The Morgan fingerprint density at radius 1 is 1.50 bits per heavy atom. The number of halogens is 2. The van der Waals surface area contributed by atoms with Crippen LogP contribution in [0.25, 0.3) is 0 Å².